The maximum atomic E-state index is 12.0. The maximum absolute atomic E-state index is 12.0. The molecule has 0 spiro atoms. The summed E-state index contributed by atoms with van der Waals surface area (Å²) in [6, 6.07) is 13.6. The average Bonchev–Trinajstić information content (AvgIpc) is 3.33. The van der Waals surface area contributed by atoms with Gasteiger partial charge in [-0.05, 0) is 43.5 Å². The van der Waals surface area contributed by atoms with Crippen molar-refractivity contribution in [1.82, 2.24) is 9.88 Å². The lowest BCUT2D eigenvalue weighted by molar-refractivity contribution is -0.143. The molecule has 31 heavy (non-hydrogen) atoms. The van der Waals surface area contributed by atoms with E-state index in [-0.39, 0.29) is 24.9 Å². The zero-order valence-corrected chi connectivity index (χ0v) is 17.6. The molecule has 0 amide bonds. The summed E-state index contributed by atoms with van der Waals surface area (Å²) in [5.41, 5.74) is 1.62. The van der Waals surface area contributed by atoms with Gasteiger partial charge in [-0.25, -0.2) is 4.98 Å². The van der Waals surface area contributed by atoms with Crippen LogP contribution in [0.25, 0.3) is 0 Å². The van der Waals surface area contributed by atoms with Crippen LogP contribution >= 0.6 is 0 Å². The van der Waals surface area contributed by atoms with Crippen LogP contribution in [0.15, 0.2) is 42.5 Å². The Morgan fingerprint density at radius 3 is 2.58 bits per heavy atom. The van der Waals surface area contributed by atoms with Crippen LogP contribution < -0.4 is 4.74 Å². The molecule has 6 nitrogen and oxygen atoms in total. The molecular formula is C25H28N2O4. The van der Waals surface area contributed by atoms with Crippen LogP contribution in [0.2, 0.25) is 0 Å². The number of piperidine rings is 3. The maximum Gasteiger partial charge on any atom is 0.213 e. The standard InChI is InChI=1S/C25H28N2O4/c1-2-22-25(28,19-10-12-27(22)13-11-19)20-8-9-23(31-17-24-29-14-15-30-24)26-21(20)16-18-6-4-3-5-7-18/h1,3-9,19,22,24,28H,10-17H2/t22?,25-/m1/s1. The Bertz CT molecular complexity index is 946. The first kappa shape index (κ1) is 20.5. The van der Waals surface area contributed by atoms with Crippen molar-refractivity contribution < 1.29 is 19.3 Å². The summed E-state index contributed by atoms with van der Waals surface area (Å²) >= 11 is 0. The molecule has 1 aromatic carbocycles. The van der Waals surface area contributed by atoms with Gasteiger partial charge in [-0.3, -0.25) is 4.90 Å². The predicted octanol–water partition coefficient (Wildman–Crippen LogP) is 2.34. The van der Waals surface area contributed by atoms with Crippen molar-refractivity contribution >= 4 is 0 Å². The third-order valence-corrected chi connectivity index (χ3v) is 6.74. The van der Waals surface area contributed by atoms with Crippen molar-refractivity contribution in [3.63, 3.8) is 0 Å². The fraction of sp³-hybridized carbons (Fsp3) is 0.480. The minimum atomic E-state index is -1.11. The number of nitrogens with zero attached hydrogens (tertiary/aromatic N) is 2. The van der Waals surface area contributed by atoms with E-state index in [1.165, 1.54) is 0 Å². The van der Waals surface area contributed by atoms with Gasteiger partial charge in [0.05, 0.1) is 18.9 Å². The molecule has 6 rings (SSSR count). The van der Waals surface area contributed by atoms with E-state index in [0.717, 1.165) is 42.8 Å². The van der Waals surface area contributed by atoms with Gasteiger partial charge in [0.15, 0.2) is 6.29 Å². The van der Waals surface area contributed by atoms with Gasteiger partial charge in [0.1, 0.15) is 18.2 Å². The van der Waals surface area contributed by atoms with Crippen molar-refractivity contribution in [2.24, 2.45) is 5.92 Å². The normalized spacial score (nSPS) is 30.3. The van der Waals surface area contributed by atoms with Crippen molar-refractivity contribution in [2.45, 2.75) is 37.2 Å². The number of hydrogen-bond acceptors (Lipinski definition) is 6. The number of aliphatic hydroxyl groups is 1. The highest BCUT2D eigenvalue weighted by Crippen LogP contribution is 2.47. The third kappa shape index (κ3) is 3.83. The molecule has 2 atom stereocenters. The first-order valence-corrected chi connectivity index (χ1v) is 11.0. The Labute approximate surface area is 183 Å². The second-order valence-electron chi connectivity index (χ2n) is 8.49. The van der Waals surface area contributed by atoms with Gasteiger partial charge >= 0.3 is 0 Å². The van der Waals surface area contributed by atoms with Crippen molar-refractivity contribution in [2.75, 3.05) is 32.9 Å². The molecule has 4 fully saturated rings. The lowest BCUT2D eigenvalue weighted by Crippen LogP contribution is -2.63. The monoisotopic (exact) mass is 420 g/mol. The Morgan fingerprint density at radius 2 is 1.87 bits per heavy atom. The summed E-state index contributed by atoms with van der Waals surface area (Å²) in [6.07, 6.45) is 8.03. The average molecular weight is 421 g/mol. The van der Waals surface area contributed by atoms with Crippen molar-refractivity contribution in [1.29, 1.82) is 0 Å². The zero-order valence-electron chi connectivity index (χ0n) is 17.6. The van der Waals surface area contributed by atoms with E-state index in [1.807, 2.05) is 30.3 Å². The smallest absolute Gasteiger partial charge is 0.213 e. The van der Waals surface area contributed by atoms with E-state index in [9.17, 15) is 5.11 Å². The number of rotatable bonds is 6. The van der Waals surface area contributed by atoms with Crippen LogP contribution in [0.3, 0.4) is 0 Å². The summed E-state index contributed by atoms with van der Waals surface area (Å²) in [5, 5.41) is 12.0. The van der Waals surface area contributed by atoms with E-state index in [4.69, 9.17) is 25.6 Å². The molecule has 4 saturated heterocycles. The summed E-state index contributed by atoms with van der Waals surface area (Å²) < 4.78 is 16.8. The summed E-state index contributed by atoms with van der Waals surface area (Å²) in [7, 11) is 0. The molecule has 0 aliphatic carbocycles. The Kier molecular flexibility index (Phi) is 5.68. The van der Waals surface area contributed by atoms with E-state index < -0.39 is 5.60 Å². The van der Waals surface area contributed by atoms with Gasteiger partial charge < -0.3 is 19.3 Å². The fourth-order valence-corrected chi connectivity index (χ4v) is 5.21. The van der Waals surface area contributed by atoms with Crippen LogP contribution in [0.1, 0.15) is 29.7 Å². The molecular weight excluding hydrogens is 392 g/mol. The number of pyridine rings is 1. The topological polar surface area (TPSA) is 64.1 Å². The number of benzene rings is 1. The third-order valence-electron chi connectivity index (χ3n) is 6.74. The van der Waals surface area contributed by atoms with Gasteiger partial charge in [0, 0.05) is 18.1 Å². The lowest BCUT2D eigenvalue weighted by Gasteiger charge is -2.54. The van der Waals surface area contributed by atoms with Crippen LogP contribution in [0.5, 0.6) is 5.88 Å². The predicted molar refractivity (Wildman–Crippen MR) is 115 cm³/mol. The molecule has 1 unspecified atom stereocenters. The molecule has 4 aliphatic rings. The number of hydrogen-bond donors (Lipinski definition) is 1. The first-order chi connectivity index (χ1) is 15.2. The minimum Gasteiger partial charge on any atom is -0.472 e. The van der Waals surface area contributed by atoms with Crippen LogP contribution in [0.4, 0.5) is 0 Å². The molecule has 2 bridgehead atoms. The summed E-state index contributed by atoms with van der Waals surface area (Å²) in [6.45, 7) is 3.32. The van der Waals surface area contributed by atoms with E-state index in [0.29, 0.717) is 25.5 Å². The van der Waals surface area contributed by atoms with E-state index in [2.05, 4.69) is 23.0 Å². The first-order valence-electron chi connectivity index (χ1n) is 11.0. The molecule has 6 heteroatoms. The van der Waals surface area contributed by atoms with Gasteiger partial charge in [-0.2, -0.15) is 0 Å². The molecule has 4 aliphatic heterocycles. The quantitative estimate of drug-likeness (QED) is 0.724. The second-order valence-corrected chi connectivity index (χ2v) is 8.49. The SMILES string of the molecule is C#CC1N2CCC(CC2)[C@@]1(O)c1ccc(OCC2OCCO2)nc1Cc1ccccc1. The van der Waals surface area contributed by atoms with Crippen LogP contribution in [-0.4, -0.2) is 60.2 Å². The summed E-state index contributed by atoms with van der Waals surface area (Å²) in [5.74, 6) is 3.50. The Hall–Kier alpha value is -2.43. The highest BCUT2D eigenvalue weighted by atomic mass is 16.7. The molecule has 2 aromatic rings. The van der Waals surface area contributed by atoms with Crippen LogP contribution in [-0.2, 0) is 21.5 Å². The molecule has 1 N–H and O–H groups in total. The van der Waals surface area contributed by atoms with E-state index >= 15 is 0 Å². The number of fused-ring (bicyclic) bond motifs is 3. The van der Waals surface area contributed by atoms with Gasteiger partial charge in [-0.1, -0.05) is 36.3 Å². The van der Waals surface area contributed by atoms with Gasteiger partial charge in [0.2, 0.25) is 5.88 Å². The molecule has 1 aromatic heterocycles. The molecule has 162 valence electrons. The second kappa shape index (κ2) is 8.60. The highest BCUT2D eigenvalue weighted by molar-refractivity contribution is 5.39. The van der Waals surface area contributed by atoms with Gasteiger partial charge in [-0.15, -0.1) is 6.42 Å². The fourth-order valence-electron chi connectivity index (χ4n) is 5.21. The number of ether oxygens (including phenoxy) is 3. The number of aromatic nitrogens is 1. The van der Waals surface area contributed by atoms with Crippen molar-refractivity contribution in [3.05, 3.63) is 59.3 Å². The minimum absolute atomic E-state index is 0.127. The molecule has 0 radical (unpaired) electrons. The van der Waals surface area contributed by atoms with Crippen LogP contribution in [0, 0.1) is 18.3 Å². The lowest BCUT2D eigenvalue weighted by atomic mass is 9.66. The molecule has 5 heterocycles. The zero-order chi connectivity index (χ0) is 21.3. The highest BCUT2D eigenvalue weighted by Gasteiger charge is 2.54. The Morgan fingerprint density at radius 1 is 1.13 bits per heavy atom. The van der Waals surface area contributed by atoms with Gasteiger partial charge in [0.25, 0.3) is 0 Å². The van der Waals surface area contributed by atoms with Crippen molar-refractivity contribution in [3.8, 4) is 18.2 Å². The number of terminal acetylenes is 1. The largest absolute Gasteiger partial charge is 0.472 e. The van der Waals surface area contributed by atoms with E-state index in [1.54, 1.807) is 0 Å². The Balaban J connectivity index is 1.50. The molecule has 0 saturated carbocycles. The summed E-state index contributed by atoms with van der Waals surface area (Å²) in [4.78, 5) is 7.05.